The van der Waals surface area contributed by atoms with Gasteiger partial charge in [-0.3, -0.25) is 0 Å². The van der Waals surface area contributed by atoms with Crippen molar-refractivity contribution in [2.24, 2.45) is 0 Å². The Morgan fingerprint density at radius 3 is 2.80 bits per heavy atom. The number of aliphatic hydroxyl groups excluding tert-OH is 2. The monoisotopic (exact) mass is 277 g/mol. The second-order valence-electron chi connectivity index (χ2n) is 4.76. The highest BCUT2D eigenvalue weighted by molar-refractivity contribution is 5.67. The number of hydrogen-bond acceptors (Lipinski definition) is 4. The first-order valence-electron chi connectivity index (χ1n) is 6.65. The Morgan fingerprint density at radius 2 is 2.05 bits per heavy atom. The van der Waals surface area contributed by atoms with E-state index in [0.717, 1.165) is 5.56 Å². The third kappa shape index (κ3) is 4.08. The molecular weight excluding hydrogens is 258 g/mol. The Bertz CT molecular complexity index is 460. The predicted molar refractivity (Wildman–Crippen MR) is 74.0 cm³/mol. The van der Waals surface area contributed by atoms with Crippen molar-refractivity contribution < 1.29 is 19.7 Å². The van der Waals surface area contributed by atoms with Gasteiger partial charge in [0.25, 0.3) is 0 Å². The molecule has 1 aliphatic heterocycles. The third-order valence-electron chi connectivity index (χ3n) is 3.16. The molecule has 0 saturated carbocycles. The summed E-state index contributed by atoms with van der Waals surface area (Å²) >= 11 is 0. The molecule has 0 aromatic heterocycles. The summed E-state index contributed by atoms with van der Waals surface area (Å²) in [6.45, 7) is 0.734. The standard InChI is InChI=1S/C15H19NO4/c17-13-8-4-5-9-16(10-14(13)18)15(19)20-11-12-6-2-1-3-7-12/h1-4,6-8,13-14,17-18H,5,9-11H2/b8-4-. The molecule has 1 amide bonds. The molecule has 108 valence electrons. The maximum atomic E-state index is 12.0. The number of β-amino-alcohol motifs (C(OH)–C–C–N with tert-alkyl or cyclic N) is 1. The predicted octanol–water partition coefficient (Wildman–Crippen LogP) is 1.31. The van der Waals surface area contributed by atoms with Gasteiger partial charge in [0.15, 0.2) is 0 Å². The van der Waals surface area contributed by atoms with E-state index >= 15 is 0 Å². The van der Waals surface area contributed by atoms with E-state index in [2.05, 4.69) is 0 Å². The molecule has 2 N–H and O–H groups in total. The van der Waals surface area contributed by atoms with E-state index in [-0.39, 0.29) is 13.2 Å². The van der Waals surface area contributed by atoms with Crippen LogP contribution in [0.5, 0.6) is 0 Å². The summed E-state index contributed by atoms with van der Waals surface area (Å²) in [5.41, 5.74) is 0.911. The SMILES string of the molecule is O=C(OCc1ccccc1)N1CC/C=C\C(O)C(O)C1. The quantitative estimate of drug-likeness (QED) is 0.800. The number of nitrogens with zero attached hydrogens (tertiary/aromatic N) is 1. The summed E-state index contributed by atoms with van der Waals surface area (Å²) in [5, 5.41) is 19.3. The van der Waals surface area contributed by atoms with Gasteiger partial charge in [0.2, 0.25) is 0 Å². The molecule has 5 nitrogen and oxygen atoms in total. The van der Waals surface area contributed by atoms with Crippen LogP contribution in [0.15, 0.2) is 42.5 Å². The van der Waals surface area contributed by atoms with Crippen molar-refractivity contribution in [3.8, 4) is 0 Å². The zero-order chi connectivity index (χ0) is 14.4. The first kappa shape index (κ1) is 14.6. The first-order chi connectivity index (χ1) is 9.66. The lowest BCUT2D eigenvalue weighted by Gasteiger charge is -2.27. The van der Waals surface area contributed by atoms with E-state index in [1.54, 1.807) is 12.2 Å². The molecule has 0 radical (unpaired) electrons. The van der Waals surface area contributed by atoms with E-state index in [0.29, 0.717) is 13.0 Å². The fourth-order valence-corrected chi connectivity index (χ4v) is 2.00. The highest BCUT2D eigenvalue weighted by Gasteiger charge is 2.23. The van der Waals surface area contributed by atoms with Crippen molar-refractivity contribution in [1.82, 2.24) is 4.90 Å². The Labute approximate surface area is 118 Å². The van der Waals surface area contributed by atoms with Crippen LogP contribution in [0.4, 0.5) is 4.79 Å². The van der Waals surface area contributed by atoms with Gasteiger partial charge in [0.1, 0.15) is 12.7 Å². The van der Waals surface area contributed by atoms with Crippen molar-refractivity contribution in [2.45, 2.75) is 25.2 Å². The third-order valence-corrected chi connectivity index (χ3v) is 3.16. The number of carbonyl (C=O) groups is 1. The molecule has 1 aromatic rings. The molecular formula is C15H19NO4. The van der Waals surface area contributed by atoms with Gasteiger partial charge in [-0.25, -0.2) is 4.79 Å². The van der Waals surface area contributed by atoms with Crippen molar-refractivity contribution in [2.75, 3.05) is 13.1 Å². The fourth-order valence-electron chi connectivity index (χ4n) is 2.00. The topological polar surface area (TPSA) is 70.0 Å². The number of benzene rings is 1. The number of aliphatic hydroxyl groups is 2. The Kier molecular flexibility index (Phi) is 5.15. The van der Waals surface area contributed by atoms with E-state index < -0.39 is 18.3 Å². The molecule has 0 bridgehead atoms. The summed E-state index contributed by atoms with van der Waals surface area (Å²) < 4.78 is 5.22. The molecule has 1 aromatic carbocycles. The van der Waals surface area contributed by atoms with Gasteiger partial charge >= 0.3 is 6.09 Å². The minimum atomic E-state index is -0.990. The molecule has 0 saturated heterocycles. The molecule has 2 atom stereocenters. The second-order valence-corrected chi connectivity index (χ2v) is 4.76. The smallest absolute Gasteiger partial charge is 0.410 e. The highest BCUT2D eigenvalue weighted by Crippen LogP contribution is 2.09. The summed E-state index contributed by atoms with van der Waals surface area (Å²) in [7, 11) is 0. The Morgan fingerprint density at radius 1 is 1.30 bits per heavy atom. The highest BCUT2D eigenvalue weighted by atomic mass is 16.6. The minimum absolute atomic E-state index is 0.0686. The maximum absolute atomic E-state index is 12.0. The number of ether oxygens (including phenoxy) is 1. The number of carbonyl (C=O) groups excluding carboxylic acids is 1. The Hall–Kier alpha value is -1.85. The van der Waals surface area contributed by atoms with Crippen LogP contribution in [0.25, 0.3) is 0 Å². The number of rotatable bonds is 2. The molecule has 2 unspecified atom stereocenters. The molecule has 0 aliphatic carbocycles. The van der Waals surface area contributed by atoms with Crippen LogP contribution >= 0.6 is 0 Å². The van der Waals surface area contributed by atoms with E-state index in [4.69, 9.17) is 4.74 Å². The molecule has 20 heavy (non-hydrogen) atoms. The average molecular weight is 277 g/mol. The summed E-state index contributed by atoms with van der Waals surface area (Å²) in [5.74, 6) is 0. The summed E-state index contributed by atoms with van der Waals surface area (Å²) in [6, 6.07) is 9.41. The van der Waals surface area contributed by atoms with Crippen molar-refractivity contribution >= 4 is 6.09 Å². The number of hydrogen-bond donors (Lipinski definition) is 2. The zero-order valence-electron chi connectivity index (χ0n) is 11.2. The molecule has 5 heteroatoms. The minimum Gasteiger partial charge on any atom is -0.445 e. The lowest BCUT2D eigenvalue weighted by molar-refractivity contribution is 0.0151. The van der Waals surface area contributed by atoms with Crippen molar-refractivity contribution in [3.63, 3.8) is 0 Å². The van der Waals surface area contributed by atoms with Gasteiger partial charge in [0.05, 0.1) is 12.6 Å². The molecule has 1 heterocycles. The fraction of sp³-hybridized carbons (Fsp3) is 0.400. The van der Waals surface area contributed by atoms with Gasteiger partial charge in [0, 0.05) is 6.54 Å². The zero-order valence-corrected chi connectivity index (χ0v) is 11.2. The van der Waals surface area contributed by atoms with Gasteiger partial charge in [-0.05, 0) is 12.0 Å². The lowest BCUT2D eigenvalue weighted by Crippen LogP contribution is -2.43. The van der Waals surface area contributed by atoms with E-state index in [9.17, 15) is 15.0 Å². The maximum Gasteiger partial charge on any atom is 0.410 e. The largest absolute Gasteiger partial charge is 0.445 e. The molecule has 1 aliphatic rings. The van der Waals surface area contributed by atoms with Crippen LogP contribution < -0.4 is 0 Å². The first-order valence-corrected chi connectivity index (χ1v) is 6.65. The van der Waals surface area contributed by atoms with Crippen LogP contribution in [0.3, 0.4) is 0 Å². The molecule has 2 rings (SSSR count). The Balaban J connectivity index is 1.89. The van der Waals surface area contributed by atoms with Gasteiger partial charge in [-0.15, -0.1) is 0 Å². The lowest BCUT2D eigenvalue weighted by atomic mass is 10.1. The van der Waals surface area contributed by atoms with Crippen LogP contribution in [-0.4, -0.2) is 46.5 Å². The number of amides is 1. The van der Waals surface area contributed by atoms with E-state index in [1.807, 2.05) is 30.3 Å². The average Bonchev–Trinajstić information content (AvgIpc) is 2.46. The normalized spacial score (nSPS) is 24.6. The van der Waals surface area contributed by atoms with Crippen molar-refractivity contribution in [3.05, 3.63) is 48.0 Å². The van der Waals surface area contributed by atoms with Gasteiger partial charge in [-0.1, -0.05) is 42.5 Å². The van der Waals surface area contributed by atoms with Crippen LogP contribution in [-0.2, 0) is 11.3 Å². The van der Waals surface area contributed by atoms with Crippen LogP contribution in [0.2, 0.25) is 0 Å². The molecule has 0 fully saturated rings. The summed E-state index contributed by atoms with van der Waals surface area (Å²) in [4.78, 5) is 13.4. The van der Waals surface area contributed by atoms with Crippen LogP contribution in [0, 0.1) is 0 Å². The van der Waals surface area contributed by atoms with Gasteiger partial charge in [-0.2, -0.15) is 0 Å². The van der Waals surface area contributed by atoms with Gasteiger partial charge < -0.3 is 19.8 Å². The second kappa shape index (κ2) is 7.07. The van der Waals surface area contributed by atoms with Crippen LogP contribution in [0.1, 0.15) is 12.0 Å². The summed E-state index contributed by atoms with van der Waals surface area (Å²) in [6.07, 6.45) is 1.53. The van der Waals surface area contributed by atoms with E-state index in [1.165, 1.54) is 4.90 Å². The molecule has 0 spiro atoms. The van der Waals surface area contributed by atoms with Crippen molar-refractivity contribution in [1.29, 1.82) is 0 Å².